The summed E-state index contributed by atoms with van der Waals surface area (Å²) in [6.45, 7) is 4.52. The number of hydrogen-bond donors (Lipinski definition) is 1. The van der Waals surface area contributed by atoms with E-state index in [1.165, 1.54) is 23.1 Å². The first-order valence-electron chi connectivity index (χ1n) is 7.69. The maximum atomic E-state index is 12.7. The second-order valence-corrected chi connectivity index (χ2v) is 7.34. The molecule has 3 rings (SSSR count). The number of ether oxygens (including phenoxy) is 1. The van der Waals surface area contributed by atoms with E-state index in [0.717, 1.165) is 22.7 Å². The second kappa shape index (κ2) is 7.27. The number of carbonyl (C=O) groups excluding carboxylic acids is 1. The van der Waals surface area contributed by atoms with Gasteiger partial charge >= 0.3 is 0 Å². The van der Waals surface area contributed by atoms with Crippen molar-refractivity contribution in [2.45, 2.75) is 26.2 Å². The molecular formula is C17H17N3O2S2. The van der Waals surface area contributed by atoms with Gasteiger partial charge in [-0.3, -0.25) is 10.2 Å². The molecule has 0 spiro atoms. The van der Waals surface area contributed by atoms with Crippen LogP contribution in [0.4, 0.5) is 0 Å². The van der Waals surface area contributed by atoms with Crippen molar-refractivity contribution in [3.05, 3.63) is 44.7 Å². The lowest BCUT2D eigenvalue weighted by Gasteiger charge is -2.03. The number of aryl methyl sites for hydroxylation is 1. The van der Waals surface area contributed by atoms with Gasteiger partial charge in [-0.05, 0) is 37.1 Å². The minimum absolute atomic E-state index is 0.0781. The number of carbonyl (C=O) groups is 1. The van der Waals surface area contributed by atoms with Crippen molar-refractivity contribution in [1.82, 2.24) is 10.2 Å². The molecule has 0 unspecified atom stereocenters. The average molecular weight is 359 g/mol. The van der Waals surface area contributed by atoms with E-state index in [1.54, 1.807) is 0 Å². The van der Waals surface area contributed by atoms with E-state index in [-0.39, 0.29) is 5.78 Å². The topological polar surface area (TPSA) is 75.9 Å². The van der Waals surface area contributed by atoms with Crippen molar-refractivity contribution in [1.29, 1.82) is 5.41 Å². The van der Waals surface area contributed by atoms with Crippen molar-refractivity contribution >= 4 is 40.0 Å². The lowest BCUT2D eigenvalue weighted by Crippen LogP contribution is -2.11. The van der Waals surface area contributed by atoms with Gasteiger partial charge < -0.3 is 4.74 Å². The molecule has 0 saturated carbocycles. The summed E-state index contributed by atoms with van der Waals surface area (Å²) in [5.74, 6) is 0.0883. The van der Waals surface area contributed by atoms with Crippen LogP contribution in [-0.4, -0.2) is 27.6 Å². The lowest BCUT2D eigenvalue weighted by molar-refractivity contribution is -0.114. The molecule has 7 heteroatoms. The summed E-state index contributed by atoms with van der Waals surface area (Å²) < 4.78 is 5.48. The van der Waals surface area contributed by atoms with Gasteiger partial charge in [0.2, 0.25) is 0 Å². The Morgan fingerprint density at radius 3 is 2.88 bits per heavy atom. The fraction of sp³-hybridized carbons (Fsp3) is 0.294. The third kappa shape index (κ3) is 3.42. The van der Waals surface area contributed by atoms with Crippen LogP contribution in [0.1, 0.15) is 35.3 Å². The summed E-state index contributed by atoms with van der Waals surface area (Å²) in [4.78, 5) is 13.3. The average Bonchev–Trinajstić information content (AvgIpc) is 3.13. The highest BCUT2D eigenvalue weighted by atomic mass is 32.2. The molecule has 0 bridgehead atoms. The van der Waals surface area contributed by atoms with E-state index in [4.69, 9.17) is 10.1 Å². The Balaban J connectivity index is 1.86. The zero-order valence-electron chi connectivity index (χ0n) is 13.4. The van der Waals surface area contributed by atoms with Gasteiger partial charge in [0.25, 0.3) is 0 Å². The molecule has 1 aliphatic heterocycles. The molecular weight excluding hydrogens is 342 g/mol. The first-order chi connectivity index (χ1) is 11.6. The van der Waals surface area contributed by atoms with E-state index in [2.05, 4.69) is 10.2 Å². The monoisotopic (exact) mass is 359 g/mol. The fourth-order valence-electron chi connectivity index (χ4n) is 2.35. The normalized spacial score (nSPS) is 19.2. The van der Waals surface area contributed by atoms with Gasteiger partial charge in [-0.15, -0.1) is 21.5 Å². The number of thioether (sulfide) groups is 1. The molecule has 2 heterocycles. The van der Waals surface area contributed by atoms with E-state index in [0.29, 0.717) is 21.6 Å². The summed E-state index contributed by atoms with van der Waals surface area (Å²) in [7, 11) is 0. The molecule has 1 aliphatic rings. The number of ketones is 1. The molecule has 1 atom stereocenters. The predicted octanol–water partition coefficient (Wildman–Crippen LogP) is 3.92. The smallest absolute Gasteiger partial charge is 0.186 e. The van der Waals surface area contributed by atoms with Crippen molar-refractivity contribution in [3.8, 4) is 5.75 Å². The first kappa shape index (κ1) is 16.9. The van der Waals surface area contributed by atoms with Gasteiger partial charge in [-0.2, -0.15) is 0 Å². The Morgan fingerprint density at radius 1 is 1.33 bits per heavy atom. The van der Waals surface area contributed by atoms with Gasteiger partial charge in [0.1, 0.15) is 21.7 Å². The highest BCUT2D eigenvalue weighted by Gasteiger charge is 2.39. The lowest BCUT2D eigenvalue weighted by atomic mass is 10.1. The Bertz CT molecular complexity index is 814. The standard InChI is InChI=1S/C17H17N3O2S2/c1-3-13-19-20-17(24-13)14-15(21)12(23-16(14)18)9-10-6-5-7-11(8-10)22-4-2/h5-9,14,18H,3-4H2,1-2H3/b12-9-,18-16?/t14-/m1/s1. The van der Waals surface area contributed by atoms with Crippen molar-refractivity contribution in [2.24, 2.45) is 0 Å². The van der Waals surface area contributed by atoms with Crippen LogP contribution in [-0.2, 0) is 11.2 Å². The highest BCUT2D eigenvalue weighted by molar-refractivity contribution is 8.19. The molecule has 0 radical (unpaired) electrons. The van der Waals surface area contributed by atoms with Crippen LogP contribution in [0.3, 0.4) is 0 Å². The van der Waals surface area contributed by atoms with Crippen molar-refractivity contribution in [2.75, 3.05) is 6.61 Å². The Morgan fingerprint density at radius 2 is 2.17 bits per heavy atom. The second-order valence-electron chi connectivity index (χ2n) is 5.17. The molecule has 24 heavy (non-hydrogen) atoms. The van der Waals surface area contributed by atoms with Gasteiger partial charge in [-0.1, -0.05) is 30.8 Å². The van der Waals surface area contributed by atoms with Crippen LogP contribution in [0.15, 0.2) is 29.2 Å². The molecule has 0 amide bonds. The van der Waals surface area contributed by atoms with Crippen molar-refractivity contribution < 1.29 is 9.53 Å². The van der Waals surface area contributed by atoms with Crippen LogP contribution >= 0.6 is 23.1 Å². The maximum absolute atomic E-state index is 12.7. The highest BCUT2D eigenvalue weighted by Crippen LogP contribution is 2.41. The van der Waals surface area contributed by atoms with E-state index < -0.39 is 5.92 Å². The summed E-state index contributed by atoms with van der Waals surface area (Å²) in [6, 6.07) is 7.58. The third-order valence-electron chi connectivity index (χ3n) is 3.49. The van der Waals surface area contributed by atoms with Gasteiger partial charge in [0.05, 0.1) is 16.6 Å². The molecule has 1 saturated heterocycles. The quantitative estimate of drug-likeness (QED) is 0.819. The fourth-order valence-corrected chi connectivity index (χ4v) is 4.31. The molecule has 1 fully saturated rings. The zero-order chi connectivity index (χ0) is 17.1. The van der Waals surface area contributed by atoms with Crippen LogP contribution in [0.2, 0.25) is 0 Å². The Kier molecular flexibility index (Phi) is 5.11. The van der Waals surface area contributed by atoms with Gasteiger partial charge in [0.15, 0.2) is 5.78 Å². The summed E-state index contributed by atoms with van der Waals surface area (Å²) in [6.07, 6.45) is 2.60. The molecule has 124 valence electrons. The van der Waals surface area contributed by atoms with Crippen molar-refractivity contribution in [3.63, 3.8) is 0 Å². The first-order valence-corrected chi connectivity index (χ1v) is 9.33. The number of hydrogen-bond acceptors (Lipinski definition) is 7. The van der Waals surface area contributed by atoms with Gasteiger partial charge in [0, 0.05) is 0 Å². The maximum Gasteiger partial charge on any atom is 0.186 e. The minimum Gasteiger partial charge on any atom is -0.494 e. The molecule has 1 aromatic carbocycles. The van der Waals surface area contributed by atoms with Gasteiger partial charge in [-0.25, -0.2) is 0 Å². The largest absolute Gasteiger partial charge is 0.494 e. The summed E-state index contributed by atoms with van der Waals surface area (Å²) in [5, 5.41) is 18.1. The Hall–Kier alpha value is -1.99. The summed E-state index contributed by atoms with van der Waals surface area (Å²) >= 11 is 2.61. The molecule has 0 aliphatic carbocycles. The van der Waals surface area contributed by atoms with E-state index in [1.807, 2.05) is 44.2 Å². The third-order valence-corrected chi connectivity index (χ3v) is 5.61. The number of rotatable bonds is 5. The number of allylic oxidation sites excluding steroid dienone is 1. The van der Waals surface area contributed by atoms with Crippen LogP contribution in [0.5, 0.6) is 5.75 Å². The molecule has 2 aromatic rings. The SMILES string of the molecule is CCOc1cccc(/C=C2\SC(=N)[C@H](c3nnc(CC)s3)C2=O)c1. The van der Waals surface area contributed by atoms with Crippen LogP contribution in [0.25, 0.3) is 6.08 Å². The number of Topliss-reactive ketones (excluding diaryl/α,β-unsaturated/α-hetero) is 1. The Labute approximate surface area is 148 Å². The molecule has 5 nitrogen and oxygen atoms in total. The predicted molar refractivity (Wildman–Crippen MR) is 97.9 cm³/mol. The van der Waals surface area contributed by atoms with Crippen LogP contribution < -0.4 is 4.74 Å². The van der Waals surface area contributed by atoms with Crippen LogP contribution in [0, 0.1) is 5.41 Å². The minimum atomic E-state index is -0.603. The molecule has 1 N–H and O–H groups in total. The zero-order valence-corrected chi connectivity index (χ0v) is 15.0. The van der Waals surface area contributed by atoms with E-state index in [9.17, 15) is 4.79 Å². The summed E-state index contributed by atoms with van der Waals surface area (Å²) in [5.41, 5.74) is 0.886. The molecule has 1 aromatic heterocycles. The number of aromatic nitrogens is 2. The number of benzene rings is 1. The number of nitrogens with one attached hydrogen (secondary N) is 1. The number of nitrogens with zero attached hydrogens (tertiary/aromatic N) is 2. The van der Waals surface area contributed by atoms with E-state index >= 15 is 0 Å².